The second-order valence-electron chi connectivity index (χ2n) is 11.4. The molecule has 9 heteroatoms. The first kappa shape index (κ1) is 29.6. The minimum absolute atomic E-state index is 0.0289. The summed E-state index contributed by atoms with van der Waals surface area (Å²) in [7, 11) is 0. The second kappa shape index (κ2) is 12.2. The lowest BCUT2D eigenvalue weighted by Crippen LogP contribution is -2.46. The molecule has 222 valence electrons. The van der Waals surface area contributed by atoms with E-state index in [1.807, 2.05) is 24.3 Å². The number of aryl methyl sites for hydroxylation is 2. The SMILES string of the molecule is Cc1ccc(NC(=O)C2CCCN(C(=O)c3c(C)cccc3F)[C@H]2c2ccc(NC3CCCC3)cc2)cc1C(F)(F)F. The average molecular weight is 582 g/mol. The Morgan fingerprint density at radius 2 is 1.55 bits per heavy atom. The molecule has 1 saturated carbocycles. The fourth-order valence-corrected chi connectivity index (χ4v) is 6.28. The van der Waals surface area contributed by atoms with E-state index in [-0.39, 0.29) is 16.8 Å². The first-order valence-electron chi connectivity index (χ1n) is 14.4. The van der Waals surface area contributed by atoms with Crippen LogP contribution in [0.3, 0.4) is 0 Å². The Kier molecular flexibility index (Phi) is 8.57. The van der Waals surface area contributed by atoms with Crippen molar-refractivity contribution in [2.75, 3.05) is 17.2 Å². The topological polar surface area (TPSA) is 61.4 Å². The molecule has 2 N–H and O–H groups in total. The van der Waals surface area contributed by atoms with Crippen molar-refractivity contribution >= 4 is 23.2 Å². The Morgan fingerprint density at radius 3 is 2.21 bits per heavy atom. The van der Waals surface area contributed by atoms with Gasteiger partial charge in [0.15, 0.2) is 0 Å². The van der Waals surface area contributed by atoms with Crippen LogP contribution in [0, 0.1) is 25.6 Å². The number of benzene rings is 3. The molecule has 42 heavy (non-hydrogen) atoms. The number of anilines is 2. The van der Waals surface area contributed by atoms with E-state index in [0.29, 0.717) is 36.6 Å². The quantitative estimate of drug-likeness (QED) is 0.290. The van der Waals surface area contributed by atoms with Gasteiger partial charge in [-0.3, -0.25) is 9.59 Å². The number of amides is 2. The molecule has 3 aromatic rings. The van der Waals surface area contributed by atoms with Crippen LogP contribution in [0.25, 0.3) is 0 Å². The summed E-state index contributed by atoms with van der Waals surface area (Å²) in [5, 5.41) is 6.20. The number of nitrogens with one attached hydrogen (secondary N) is 2. The minimum atomic E-state index is -4.56. The number of nitrogens with zero attached hydrogens (tertiary/aromatic N) is 1. The van der Waals surface area contributed by atoms with Gasteiger partial charge in [0, 0.05) is 24.0 Å². The molecule has 5 rings (SSSR count). The number of alkyl halides is 3. The highest BCUT2D eigenvalue weighted by Gasteiger charge is 2.41. The highest BCUT2D eigenvalue weighted by Crippen LogP contribution is 2.40. The van der Waals surface area contributed by atoms with E-state index >= 15 is 0 Å². The highest BCUT2D eigenvalue weighted by molar-refractivity contribution is 5.98. The van der Waals surface area contributed by atoms with Gasteiger partial charge < -0.3 is 15.5 Å². The van der Waals surface area contributed by atoms with Crippen LogP contribution in [-0.2, 0) is 11.0 Å². The van der Waals surface area contributed by atoms with Crippen molar-refractivity contribution in [1.82, 2.24) is 4.90 Å². The van der Waals surface area contributed by atoms with Crippen molar-refractivity contribution in [3.8, 4) is 0 Å². The smallest absolute Gasteiger partial charge is 0.382 e. The molecule has 1 heterocycles. The minimum Gasteiger partial charge on any atom is -0.382 e. The van der Waals surface area contributed by atoms with Crippen LogP contribution in [0.1, 0.15) is 77.2 Å². The van der Waals surface area contributed by atoms with Crippen LogP contribution in [0.2, 0.25) is 0 Å². The molecule has 5 nitrogen and oxygen atoms in total. The van der Waals surface area contributed by atoms with Gasteiger partial charge in [0.05, 0.1) is 23.1 Å². The molecule has 2 amide bonds. The number of carbonyl (C=O) groups is 2. The van der Waals surface area contributed by atoms with Gasteiger partial charge in [-0.25, -0.2) is 4.39 Å². The van der Waals surface area contributed by atoms with Crippen LogP contribution in [-0.4, -0.2) is 29.3 Å². The Bertz CT molecular complexity index is 1430. The van der Waals surface area contributed by atoms with Gasteiger partial charge in [-0.1, -0.05) is 43.2 Å². The fraction of sp³-hybridized carbons (Fsp3) is 0.394. The van der Waals surface area contributed by atoms with Gasteiger partial charge in [0.2, 0.25) is 5.91 Å². The number of halogens is 4. The van der Waals surface area contributed by atoms with Crippen molar-refractivity contribution in [2.24, 2.45) is 5.92 Å². The maximum Gasteiger partial charge on any atom is 0.416 e. The lowest BCUT2D eigenvalue weighted by atomic mass is 9.83. The predicted molar refractivity (Wildman–Crippen MR) is 155 cm³/mol. The zero-order valence-electron chi connectivity index (χ0n) is 23.7. The van der Waals surface area contributed by atoms with Gasteiger partial charge >= 0.3 is 6.18 Å². The summed E-state index contributed by atoms with van der Waals surface area (Å²) in [5.41, 5.74) is 1.34. The molecule has 0 radical (unpaired) electrons. The summed E-state index contributed by atoms with van der Waals surface area (Å²) in [5.74, 6) is -2.41. The lowest BCUT2D eigenvalue weighted by Gasteiger charge is -2.41. The fourth-order valence-electron chi connectivity index (χ4n) is 6.28. The first-order valence-corrected chi connectivity index (χ1v) is 14.4. The third kappa shape index (κ3) is 6.30. The second-order valence-corrected chi connectivity index (χ2v) is 11.4. The summed E-state index contributed by atoms with van der Waals surface area (Å²) in [4.78, 5) is 29.1. The molecular weight excluding hydrogens is 546 g/mol. The van der Waals surface area contributed by atoms with E-state index in [9.17, 15) is 27.2 Å². The van der Waals surface area contributed by atoms with Crippen molar-refractivity contribution in [3.63, 3.8) is 0 Å². The summed E-state index contributed by atoms with van der Waals surface area (Å²) in [6.45, 7) is 3.34. The molecular formula is C33H35F4N3O2. The molecule has 1 unspecified atom stereocenters. The van der Waals surface area contributed by atoms with Crippen LogP contribution in [0.4, 0.5) is 28.9 Å². The molecule has 3 aromatic carbocycles. The molecule has 2 fully saturated rings. The van der Waals surface area contributed by atoms with E-state index in [0.717, 1.165) is 24.6 Å². The van der Waals surface area contributed by atoms with E-state index in [1.54, 1.807) is 13.0 Å². The third-order valence-corrected chi connectivity index (χ3v) is 8.45. The average Bonchev–Trinajstić information content (AvgIpc) is 3.46. The third-order valence-electron chi connectivity index (χ3n) is 8.45. The standard InChI is InChI=1S/C33H35F4N3O2/c1-20-12-15-25(19-27(20)33(35,36)37)39-31(41)26-10-6-18-40(32(42)29-21(2)7-5-11-28(29)34)30(26)22-13-16-24(17-14-22)38-23-8-3-4-9-23/h5,7,11-17,19,23,26,30,38H,3-4,6,8-10,18H2,1-2H3,(H,39,41)/t26?,30-/m0/s1. The van der Waals surface area contributed by atoms with Crippen molar-refractivity contribution in [2.45, 2.75) is 70.6 Å². The Balaban J connectivity index is 1.48. The zero-order valence-corrected chi connectivity index (χ0v) is 23.7. The van der Waals surface area contributed by atoms with E-state index < -0.39 is 41.3 Å². The molecule has 1 saturated heterocycles. The molecule has 2 aliphatic rings. The number of rotatable bonds is 6. The Morgan fingerprint density at radius 1 is 0.857 bits per heavy atom. The summed E-state index contributed by atoms with van der Waals surface area (Å²) in [6.07, 6.45) is 0.915. The summed E-state index contributed by atoms with van der Waals surface area (Å²) >= 11 is 0. The number of carbonyl (C=O) groups excluding carboxylic acids is 2. The maximum absolute atomic E-state index is 14.9. The van der Waals surface area contributed by atoms with Gasteiger partial charge in [-0.05, 0) is 86.6 Å². The first-order chi connectivity index (χ1) is 20.0. The number of likely N-dealkylation sites (tertiary alicyclic amines) is 1. The molecule has 2 atom stereocenters. The number of hydrogen-bond acceptors (Lipinski definition) is 3. The van der Waals surface area contributed by atoms with Crippen LogP contribution in [0.5, 0.6) is 0 Å². The highest BCUT2D eigenvalue weighted by atomic mass is 19.4. The van der Waals surface area contributed by atoms with Crippen molar-refractivity contribution < 1.29 is 27.2 Å². The molecule has 0 bridgehead atoms. The summed E-state index contributed by atoms with van der Waals surface area (Å²) in [6, 6.07) is 15.4. The molecule has 1 aliphatic carbocycles. The van der Waals surface area contributed by atoms with E-state index in [4.69, 9.17) is 0 Å². The van der Waals surface area contributed by atoms with Crippen molar-refractivity contribution in [3.05, 3.63) is 94.3 Å². The van der Waals surface area contributed by atoms with Gasteiger partial charge in [0.1, 0.15) is 5.82 Å². The van der Waals surface area contributed by atoms with Gasteiger partial charge in [-0.15, -0.1) is 0 Å². The van der Waals surface area contributed by atoms with Gasteiger partial charge in [0.25, 0.3) is 5.91 Å². The normalized spacial score (nSPS) is 19.5. The van der Waals surface area contributed by atoms with Crippen LogP contribution in [0.15, 0.2) is 60.7 Å². The molecule has 0 aromatic heterocycles. The number of hydrogen-bond donors (Lipinski definition) is 2. The summed E-state index contributed by atoms with van der Waals surface area (Å²) < 4.78 is 55.5. The van der Waals surface area contributed by atoms with Crippen LogP contribution < -0.4 is 10.6 Å². The van der Waals surface area contributed by atoms with Gasteiger partial charge in [-0.2, -0.15) is 13.2 Å². The van der Waals surface area contributed by atoms with E-state index in [2.05, 4.69) is 10.6 Å². The molecule has 0 spiro atoms. The predicted octanol–water partition coefficient (Wildman–Crippen LogP) is 8.05. The maximum atomic E-state index is 14.9. The lowest BCUT2D eigenvalue weighted by molar-refractivity contribution is -0.138. The Labute approximate surface area is 243 Å². The van der Waals surface area contributed by atoms with Crippen LogP contribution >= 0.6 is 0 Å². The van der Waals surface area contributed by atoms with Crippen molar-refractivity contribution in [1.29, 1.82) is 0 Å². The monoisotopic (exact) mass is 581 g/mol. The number of piperidine rings is 1. The zero-order chi connectivity index (χ0) is 30.0. The largest absolute Gasteiger partial charge is 0.416 e. The van der Waals surface area contributed by atoms with E-state index in [1.165, 1.54) is 48.9 Å². The Hall–Kier alpha value is -3.88. The molecule has 1 aliphatic heterocycles.